The molecule has 0 unspecified atom stereocenters. The van der Waals surface area contributed by atoms with Crippen LogP contribution in [0, 0.1) is 5.92 Å². The second kappa shape index (κ2) is 10.3. The molecule has 2 rings (SSSR count). The highest BCUT2D eigenvalue weighted by molar-refractivity contribution is 7.87. The van der Waals surface area contributed by atoms with Gasteiger partial charge in [0.25, 0.3) is 10.2 Å². The van der Waals surface area contributed by atoms with Gasteiger partial charge in [0.1, 0.15) is 5.54 Å². The van der Waals surface area contributed by atoms with Crippen LogP contribution in [0.5, 0.6) is 0 Å². The first-order chi connectivity index (χ1) is 15.3. The lowest BCUT2D eigenvalue weighted by Gasteiger charge is -2.25. The summed E-state index contributed by atoms with van der Waals surface area (Å²) in [6.45, 7) is -0.611. The number of hydrogen-bond donors (Lipinski definition) is 6. The van der Waals surface area contributed by atoms with Crippen LogP contribution in [-0.2, 0) is 38.7 Å². The Morgan fingerprint density at radius 3 is 2.33 bits per heavy atom. The van der Waals surface area contributed by atoms with Crippen molar-refractivity contribution in [3.8, 4) is 0 Å². The van der Waals surface area contributed by atoms with Gasteiger partial charge in [-0.25, -0.2) is 4.72 Å². The van der Waals surface area contributed by atoms with Crippen LogP contribution in [-0.4, -0.2) is 96.4 Å². The van der Waals surface area contributed by atoms with E-state index in [0.717, 1.165) is 4.31 Å². The Labute approximate surface area is 189 Å². The fourth-order valence-corrected chi connectivity index (χ4v) is 5.24. The smallest absolute Gasteiger partial charge is 0.507 e. The van der Waals surface area contributed by atoms with Crippen LogP contribution in [0.25, 0.3) is 0 Å². The number of nitrogens with one attached hydrogen (secondary N) is 1. The van der Waals surface area contributed by atoms with E-state index >= 15 is 0 Å². The molecule has 0 aromatic carbocycles. The van der Waals surface area contributed by atoms with E-state index in [9.17, 15) is 32.7 Å². The molecule has 0 spiro atoms. The molecule has 0 saturated carbocycles. The molecule has 0 radical (unpaired) electrons. The maximum Gasteiger partial charge on any atom is 0.528 e. The zero-order valence-electron chi connectivity index (χ0n) is 17.6. The molecule has 33 heavy (non-hydrogen) atoms. The minimum atomic E-state index is -3.99. The molecule has 2 saturated heterocycles. The summed E-state index contributed by atoms with van der Waals surface area (Å²) >= 11 is 0. The minimum Gasteiger partial charge on any atom is -0.507 e. The van der Waals surface area contributed by atoms with Crippen molar-refractivity contribution in [2.75, 3.05) is 26.2 Å². The first-order valence-electron chi connectivity index (χ1n) is 10.1. The highest BCUT2D eigenvalue weighted by atomic mass is 32.2. The van der Waals surface area contributed by atoms with Gasteiger partial charge in [-0.3, -0.25) is 19.2 Å². The Kier molecular flexibility index (Phi) is 8.42. The van der Waals surface area contributed by atoms with E-state index in [1.165, 1.54) is 0 Å². The second-order valence-corrected chi connectivity index (χ2v) is 9.80. The van der Waals surface area contributed by atoms with Crippen LogP contribution in [0.15, 0.2) is 0 Å². The van der Waals surface area contributed by atoms with Crippen molar-refractivity contribution < 1.29 is 52.2 Å². The summed E-state index contributed by atoms with van der Waals surface area (Å²) < 4.78 is 38.2. The van der Waals surface area contributed by atoms with Crippen molar-refractivity contribution in [3.05, 3.63) is 0 Å². The van der Waals surface area contributed by atoms with Crippen molar-refractivity contribution >= 4 is 41.2 Å². The van der Waals surface area contributed by atoms with Crippen LogP contribution in [0.2, 0.25) is 6.32 Å². The van der Waals surface area contributed by atoms with Gasteiger partial charge in [0.05, 0.1) is 12.8 Å². The molecule has 15 nitrogen and oxygen atoms in total. The zero-order valence-corrected chi connectivity index (χ0v) is 18.5. The number of carbonyl (C=O) groups is 4. The lowest BCUT2D eigenvalue weighted by Crippen LogP contribution is -2.55. The molecule has 0 bridgehead atoms. The van der Waals surface area contributed by atoms with E-state index in [2.05, 4.69) is 4.72 Å². The summed E-state index contributed by atoms with van der Waals surface area (Å²) in [5, 5.41) is 27.6. The molecule has 0 aromatic rings. The molecule has 2 aliphatic heterocycles. The lowest BCUT2D eigenvalue weighted by molar-refractivity contribution is -0.157. The fraction of sp³-hybridized carbons (Fsp3) is 0.750. The Morgan fingerprint density at radius 1 is 1.21 bits per heavy atom. The highest BCUT2D eigenvalue weighted by Gasteiger charge is 2.56. The summed E-state index contributed by atoms with van der Waals surface area (Å²) in [4.78, 5) is 46.1. The fourth-order valence-electron chi connectivity index (χ4n) is 3.93. The molecule has 2 heterocycles. The molecule has 2 aliphatic rings. The van der Waals surface area contributed by atoms with Crippen molar-refractivity contribution in [2.45, 2.75) is 43.1 Å². The van der Waals surface area contributed by atoms with E-state index < -0.39 is 77.6 Å². The van der Waals surface area contributed by atoms with E-state index in [-0.39, 0.29) is 38.8 Å². The van der Waals surface area contributed by atoms with Crippen LogP contribution in [0.1, 0.15) is 25.7 Å². The van der Waals surface area contributed by atoms with Gasteiger partial charge in [0.15, 0.2) is 5.60 Å². The van der Waals surface area contributed by atoms with Gasteiger partial charge < -0.3 is 36.1 Å². The molecule has 0 aliphatic carbocycles. The van der Waals surface area contributed by atoms with Crippen LogP contribution in [0.4, 0.5) is 0 Å². The van der Waals surface area contributed by atoms with Crippen LogP contribution < -0.4 is 16.2 Å². The number of nitrogens with two attached hydrogens (primary N) is 2. The topological polar surface area (TPSA) is 249 Å². The normalized spacial score (nSPS) is 25.2. The Hall–Kier alpha value is -2.31. The first kappa shape index (κ1) is 26.9. The van der Waals surface area contributed by atoms with Gasteiger partial charge in [0, 0.05) is 32.1 Å². The number of carboxylic acid groups (broad SMARTS) is 3. The maximum atomic E-state index is 12.4. The quantitative estimate of drug-likeness (QED) is 0.140. The van der Waals surface area contributed by atoms with E-state index in [4.69, 9.17) is 31.0 Å². The molecule has 17 heteroatoms. The van der Waals surface area contributed by atoms with Crippen LogP contribution >= 0.6 is 0 Å². The standard InChI is InChI=1S/C16H27BN4O11S/c18-4-5-20-33(29,30)21-8-10(16(19,9-21)13(26)27)2-1-3-17-31-14(28)15(32-17,6-11(22)23)7-12(24)25/h10,20H,1-9,18-19H2,(H,22,23)(H,24,25)(H,26,27)/t10-,16-/m0/s1. The monoisotopic (exact) mass is 494 g/mol. The first-order valence-corrected chi connectivity index (χ1v) is 11.5. The van der Waals surface area contributed by atoms with E-state index in [1.807, 2.05) is 0 Å². The third-order valence-corrected chi connectivity index (χ3v) is 7.12. The van der Waals surface area contributed by atoms with Crippen molar-refractivity contribution in [1.29, 1.82) is 0 Å². The molecule has 2 atom stereocenters. The second-order valence-electron chi connectivity index (χ2n) is 8.04. The van der Waals surface area contributed by atoms with Gasteiger partial charge in [-0.1, -0.05) is 6.42 Å². The average Bonchev–Trinajstić information content (AvgIpc) is 3.18. The predicted octanol–water partition coefficient (Wildman–Crippen LogP) is -2.98. The number of carbonyl (C=O) groups excluding carboxylic acids is 1. The summed E-state index contributed by atoms with van der Waals surface area (Å²) in [5.74, 6) is -6.17. The van der Waals surface area contributed by atoms with Gasteiger partial charge in [0.2, 0.25) is 0 Å². The average molecular weight is 494 g/mol. The molecular formula is C16H27BN4O11S. The Morgan fingerprint density at radius 2 is 1.82 bits per heavy atom. The van der Waals surface area contributed by atoms with Gasteiger partial charge in [-0.2, -0.15) is 12.7 Å². The maximum absolute atomic E-state index is 12.4. The molecule has 0 amide bonds. The molecule has 0 aromatic heterocycles. The molecule has 2 fully saturated rings. The SMILES string of the molecule is NCCNS(=O)(=O)N1C[C@H](CCCB2OC(=O)C(CC(=O)O)(CC(=O)O)O2)[C@](N)(C(=O)O)C1. The van der Waals surface area contributed by atoms with Gasteiger partial charge >= 0.3 is 31.0 Å². The van der Waals surface area contributed by atoms with Crippen molar-refractivity contribution in [1.82, 2.24) is 9.03 Å². The number of nitrogens with zero attached hydrogens (tertiary/aromatic N) is 1. The van der Waals surface area contributed by atoms with E-state index in [1.54, 1.807) is 0 Å². The number of rotatable bonds is 13. The molecule has 8 N–H and O–H groups in total. The number of carboxylic acids is 3. The summed E-state index contributed by atoms with van der Waals surface area (Å²) in [6, 6.07) is 0. The van der Waals surface area contributed by atoms with Crippen molar-refractivity contribution in [2.24, 2.45) is 17.4 Å². The zero-order chi connectivity index (χ0) is 25.0. The number of aliphatic carboxylic acids is 3. The van der Waals surface area contributed by atoms with Crippen molar-refractivity contribution in [3.63, 3.8) is 0 Å². The Balaban J connectivity index is 2.03. The Bertz CT molecular complexity index is 885. The van der Waals surface area contributed by atoms with Gasteiger partial charge in [-0.15, -0.1) is 0 Å². The largest absolute Gasteiger partial charge is 0.528 e. The summed E-state index contributed by atoms with van der Waals surface area (Å²) in [6.07, 6.45) is -1.50. The minimum absolute atomic E-state index is 0.00288. The number of hydrogen-bond acceptors (Lipinski definition) is 10. The van der Waals surface area contributed by atoms with Crippen LogP contribution in [0.3, 0.4) is 0 Å². The van der Waals surface area contributed by atoms with E-state index in [0.29, 0.717) is 0 Å². The summed E-state index contributed by atoms with van der Waals surface area (Å²) in [5.41, 5.74) is 7.30. The summed E-state index contributed by atoms with van der Waals surface area (Å²) in [7, 11) is -5.23. The molecular weight excluding hydrogens is 467 g/mol. The lowest BCUT2D eigenvalue weighted by atomic mass is 9.78. The third kappa shape index (κ3) is 6.18. The third-order valence-electron chi connectivity index (χ3n) is 5.59. The predicted molar refractivity (Wildman–Crippen MR) is 110 cm³/mol. The highest BCUT2D eigenvalue weighted by Crippen LogP contribution is 2.35. The molecule has 186 valence electrons. The van der Waals surface area contributed by atoms with Gasteiger partial charge in [-0.05, 0) is 12.7 Å².